The molecular formula is C11H20N2O. The lowest BCUT2D eigenvalue weighted by Crippen LogP contribution is -2.45. The van der Waals surface area contributed by atoms with E-state index in [1.54, 1.807) is 0 Å². The molecule has 0 aliphatic carbocycles. The van der Waals surface area contributed by atoms with Crippen molar-refractivity contribution in [3.05, 3.63) is 11.6 Å². The normalized spacial score (nSPS) is 19.1. The lowest BCUT2D eigenvalue weighted by atomic mass is 10.1. The molecule has 1 atom stereocenters. The number of amides is 1. The summed E-state index contributed by atoms with van der Waals surface area (Å²) in [5.41, 5.74) is 7.06. The molecule has 0 aromatic heterocycles. The van der Waals surface area contributed by atoms with Crippen LogP contribution >= 0.6 is 0 Å². The monoisotopic (exact) mass is 196 g/mol. The smallest absolute Gasteiger partial charge is 0.239 e. The van der Waals surface area contributed by atoms with Crippen LogP contribution in [0.5, 0.6) is 0 Å². The quantitative estimate of drug-likeness (QED) is 0.691. The highest BCUT2D eigenvalue weighted by molar-refractivity contribution is 5.82. The van der Waals surface area contributed by atoms with Crippen LogP contribution in [0.15, 0.2) is 11.6 Å². The molecule has 0 aromatic carbocycles. The van der Waals surface area contributed by atoms with Gasteiger partial charge in [-0.05, 0) is 19.8 Å². The second-order valence-corrected chi connectivity index (χ2v) is 3.99. The zero-order valence-corrected chi connectivity index (χ0v) is 9.12. The van der Waals surface area contributed by atoms with Crippen LogP contribution in [0.2, 0.25) is 0 Å². The molecule has 1 aliphatic rings. The third-order valence-corrected chi connectivity index (χ3v) is 2.56. The maximum Gasteiger partial charge on any atom is 0.239 e. The summed E-state index contributed by atoms with van der Waals surface area (Å²) in [6, 6.07) is -0.300. The maximum atomic E-state index is 11.8. The van der Waals surface area contributed by atoms with Gasteiger partial charge in [0.2, 0.25) is 5.91 Å². The lowest BCUT2D eigenvalue weighted by molar-refractivity contribution is -0.132. The number of hydrogen-bond donors (Lipinski definition) is 1. The average molecular weight is 196 g/mol. The number of hydrogen-bond acceptors (Lipinski definition) is 2. The van der Waals surface area contributed by atoms with Crippen molar-refractivity contribution in [3.8, 4) is 0 Å². The molecule has 0 fully saturated rings. The van der Waals surface area contributed by atoms with Gasteiger partial charge in [0.15, 0.2) is 0 Å². The van der Waals surface area contributed by atoms with Crippen LogP contribution < -0.4 is 5.73 Å². The molecule has 0 aromatic rings. The van der Waals surface area contributed by atoms with Crippen LogP contribution in [0.4, 0.5) is 0 Å². The highest BCUT2D eigenvalue weighted by Crippen LogP contribution is 2.10. The Bertz CT molecular complexity index is 235. The maximum absolute atomic E-state index is 11.8. The van der Waals surface area contributed by atoms with Gasteiger partial charge in [0.25, 0.3) is 0 Å². The fraction of sp³-hybridized carbons (Fsp3) is 0.727. The Morgan fingerprint density at radius 2 is 2.43 bits per heavy atom. The first-order chi connectivity index (χ1) is 6.65. The molecule has 80 valence electrons. The minimum absolute atomic E-state index is 0.110. The second kappa shape index (κ2) is 5.15. The van der Waals surface area contributed by atoms with Gasteiger partial charge in [0.05, 0.1) is 6.04 Å². The Balaban J connectivity index is 2.49. The number of nitrogens with zero attached hydrogens (tertiary/aromatic N) is 1. The fourth-order valence-corrected chi connectivity index (χ4v) is 1.77. The summed E-state index contributed by atoms with van der Waals surface area (Å²) in [6.07, 6.45) is 4.92. The van der Waals surface area contributed by atoms with Crippen LogP contribution in [0.25, 0.3) is 0 Å². The molecule has 0 unspecified atom stereocenters. The summed E-state index contributed by atoms with van der Waals surface area (Å²) in [7, 11) is 0. The van der Waals surface area contributed by atoms with E-state index < -0.39 is 0 Å². The van der Waals surface area contributed by atoms with E-state index in [1.807, 2.05) is 4.90 Å². The Morgan fingerprint density at radius 1 is 1.71 bits per heavy atom. The van der Waals surface area contributed by atoms with Crippen LogP contribution in [0.1, 0.15) is 33.1 Å². The molecule has 3 nitrogen and oxygen atoms in total. The Morgan fingerprint density at radius 3 is 3.00 bits per heavy atom. The first-order valence-corrected chi connectivity index (χ1v) is 5.35. The zero-order valence-electron chi connectivity index (χ0n) is 9.12. The van der Waals surface area contributed by atoms with E-state index in [9.17, 15) is 4.79 Å². The van der Waals surface area contributed by atoms with Crippen molar-refractivity contribution in [3.63, 3.8) is 0 Å². The topological polar surface area (TPSA) is 46.3 Å². The van der Waals surface area contributed by atoms with E-state index in [-0.39, 0.29) is 11.9 Å². The minimum Gasteiger partial charge on any atom is -0.337 e. The molecular weight excluding hydrogens is 176 g/mol. The Hall–Kier alpha value is -0.830. The molecule has 2 N–H and O–H groups in total. The molecule has 3 heteroatoms. The Labute approximate surface area is 86.0 Å². The number of carbonyl (C=O) groups is 1. The van der Waals surface area contributed by atoms with E-state index >= 15 is 0 Å². The van der Waals surface area contributed by atoms with Gasteiger partial charge in [0.1, 0.15) is 0 Å². The molecule has 1 rings (SSSR count). The van der Waals surface area contributed by atoms with E-state index in [0.29, 0.717) is 0 Å². The molecule has 0 bridgehead atoms. The summed E-state index contributed by atoms with van der Waals surface area (Å²) < 4.78 is 0. The van der Waals surface area contributed by atoms with Crippen LogP contribution in [-0.4, -0.2) is 29.9 Å². The van der Waals surface area contributed by atoms with Crippen molar-refractivity contribution in [1.29, 1.82) is 0 Å². The summed E-state index contributed by atoms with van der Waals surface area (Å²) in [4.78, 5) is 13.7. The van der Waals surface area contributed by atoms with E-state index in [4.69, 9.17) is 5.73 Å². The Kier molecular flexibility index (Phi) is 4.14. The molecule has 0 spiro atoms. The standard InChI is InChI=1S/C11H20N2O/c1-3-5-10(12)11(14)13-7-4-6-9(2)8-13/h6,10H,3-5,7-8,12H2,1-2H3/t10-/m0/s1. The predicted octanol–water partition coefficient (Wildman–Crippen LogP) is 1.29. The first-order valence-electron chi connectivity index (χ1n) is 5.35. The van der Waals surface area contributed by atoms with Crippen molar-refractivity contribution < 1.29 is 4.79 Å². The van der Waals surface area contributed by atoms with Crippen molar-refractivity contribution in [1.82, 2.24) is 4.90 Å². The summed E-state index contributed by atoms with van der Waals surface area (Å²) >= 11 is 0. The SMILES string of the molecule is CCC[C@H](N)C(=O)N1CCC=C(C)C1. The van der Waals surface area contributed by atoms with Gasteiger partial charge in [-0.1, -0.05) is 25.0 Å². The van der Waals surface area contributed by atoms with Gasteiger partial charge in [0, 0.05) is 13.1 Å². The molecule has 1 heterocycles. The summed E-state index contributed by atoms with van der Waals surface area (Å²) in [5.74, 6) is 0.110. The third kappa shape index (κ3) is 2.84. The molecule has 0 saturated heterocycles. The third-order valence-electron chi connectivity index (χ3n) is 2.56. The van der Waals surface area contributed by atoms with Gasteiger partial charge in [-0.25, -0.2) is 0 Å². The summed E-state index contributed by atoms with van der Waals surface area (Å²) in [5, 5.41) is 0. The second-order valence-electron chi connectivity index (χ2n) is 3.99. The average Bonchev–Trinajstić information content (AvgIpc) is 2.17. The van der Waals surface area contributed by atoms with E-state index in [1.165, 1.54) is 5.57 Å². The van der Waals surface area contributed by atoms with Crippen molar-refractivity contribution in [2.75, 3.05) is 13.1 Å². The van der Waals surface area contributed by atoms with Crippen molar-refractivity contribution in [2.45, 2.75) is 39.2 Å². The van der Waals surface area contributed by atoms with Crippen molar-refractivity contribution in [2.24, 2.45) is 5.73 Å². The zero-order chi connectivity index (χ0) is 10.6. The lowest BCUT2D eigenvalue weighted by Gasteiger charge is -2.28. The van der Waals surface area contributed by atoms with Gasteiger partial charge in [-0.2, -0.15) is 0 Å². The molecule has 14 heavy (non-hydrogen) atoms. The van der Waals surface area contributed by atoms with Gasteiger partial charge < -0.3 is 10.6 Å². The predicted molar refractivity (Wildman–Crippen MR) is 57.8 cm³/mol. The van der Waals surface area contributed by atoms with E-state index in [0.717, 1.165) is 32.4 Å². The number of nitrogens with two attached hydrogens (primary N) is 1. The van der Waals surface area contributed by atoms with Crippen molar-refractivity contribution >= 4 is 5.91 Å². The molecule has 0 saturated carbocycles. The fourth-order valence-electron chi connectivity index (χ4n) is 1.77. The van der Waals surface area contributed by atoms with Crippen LogP contribution in [-0.2, 0) is 4.79 Å². The highest BCUT2D eigenvalue weighted by atomic mass is 16.2. The van der Waals surface area contributed by atoms with Gasteiger partial charge in [-0.3, -0.25) is 4.79 Å². The number of carbonyl (C=O) groups excluding carboxylic acids is 1. The minimum atomic E-state index is -0.300. The van der Waals surface area contributed by atoms with E-state index in [2.05, 4.69) is 19.9 Å². The molecule has 1 aliphatic heterocycles. The highest BCUT2D eigenvalue weighted by Gasteiger charge is 2.21. The summed E-state index contributed by atoms with van der Waals surface area (Å²) in [6.45, 7) is 5.70. The van der Waals surface area contributed by atoms with Gasteiger partial charge >= 0.3 is 0 Å². The molecule has 0 radical (unpaired) electrons. The molecule has 1 amide bonds. The van der Waals surface area contributed by atoms with Gasteiger partial charge in [-0.15, -0.1) is 0 Å². The first kappa shape index (κ1) is 11.2. The van der Waals surface area contributed by atoms with Crippen LogP contribution in [0, 0.1) is 0 Å². The van der Waals surface area contributed by atoms with Crippen LogP contribution in [0.3, 0.4) is 0 Å². The number of rotatable bonds is 3. The largest absolute Gasteiger partial charge is 0.337 e.